The lowest BCUT2D eigenvalue weighted by atomic mass is 9.69. The van der Waals surface area contributed by atoms with Crippen LogP contribution in [-0.4, -0.2) is 25.0 Å². The van der Waals surface area contributed by atoms with Crippen LogP contribution in [0.15, 0.2) is 0 Å². The number of hydrogen-bond donors (Lipinski definition) is 2. The highest BCUT2D eigenvalue weighted by molar-refractivity contribution is 5.75. The van der Waals surface area contributed by atoms with E-state index in [4.69, 9.17) is 0 Å². The molecule has 110 valence electrons. The second-order valence-corrected chi connectivity index (χ2v) is 7.22. The van der Waals surface area contributed by atoms with Crippen molar-refractivity contribution in [1.82, 2.24) is 10.6 Å². The summed E-state index contributed by atoms with van der Waals surface area (Å²) in [6, 6.07) is 0.597. The zero-order chi connectivity index (χ0) is 14.1. The van der Waals surface area contributed by atoms with Crippen LogP contribution in [0.1, 0.15) is 59.8 Å². The average Bonchev–Trinajstić information content (AvgIpc) is 2.69. The third kappa shape index (κ3) is 2.54. The third-order valence-corrected chi connectivity index (χ3v) is 6.11. The SMILES string of the molecule is CCCNC(=O)CCNC1CC2CCC1(C)C2(C)C. The van der Waals surface area contributed by atoms with Crippen molar-refractivity contribution in [2.24, 2.45) is 16.7 Å². The number of carbonyl (C=O) groups excluding carboxylic acids is 1. The Hall–Kier alpha value is -0.570. The van der Waals surface area contributed by atoms with Crippen LogP contribution in [0.2, 0.25) is 0 Å². The molecule has 2 N–H and O–H groups in total. The monoisotopic (exact) mass is 266 g/mol. The Morgan fingerprint density at radius 1 is 1.26 bits per heavy atom. The van der Waals surface area contributed by atoms with Crippen molar-refractivity contribution < 1.29 is 4.79 Å². The zero-order valence-electron chi connectivity index (χ0n) is 13.0. The van der Waals surface area contributed by atoms with Gasteiger partial charge in [-0.3, -0.25) is 4.79 Å². The first-order valence-electron chi connectivity index (χ1n) is 7.92. The second kappa shape index (κ2) is 5.43. The van der Waals surface area contributed by atoms with Gasteiger partial charge in [0.25, 0.3) is 0 Å². The highest BCUT2D eigenvalue weighted by Gasteiger charge is 2.60. The fraction of sp³-hybridized carbons (Fsp3) is 0.938. The molecule has 0 aromatic rings. The molecule has 2 aliphatic rings. The minimum atomic E-state index is 0.182. The molecular formula is C16H30N2O. The summed E-state index contributed by atoms with van der Waals surface area (Å²) < 4.78 is 0. The van der Waals surface area contributed by atoms with E-state index in [1.54, 1.807) is 0 Å². The van der Waals surface area contributed by atoms with Gasteiger partial charge in [-0.05, 0) is 42.4 Å². The van der Waals surface area contributed by atoms with Gasteiger partial charge >= 0.3 is 0 Å². The van der Waals surface area contributed by atoms with Gasteiger partial charge in [-0.25, -0.2) is 0 Å². The van der Waals surface area contributed by atoms with E-state index in [1.165, 1.54) is 19.3 Å². The van der Waals surface area contributed by atoms with E-state index in [-0.39, 0.29) is 5.91 Å². The first-order valence-corrected chi connectivity index (χ1v) is 7.92. The number of amides is 1. The van der Waals surface area contributed by atoms with Crippen molar-refractivity contribution in [1.29, 1.82) is 0 Å². The molecule has 19 heavy (non-hydrogen) atoms. The lowest BCUT2D eigenvalue weighted by molar-refractivity contribution is -0.121. The van der Waals surface area contributed by atoms with E-state index < -0.39 is 0 Å². The fourth-order valence-electron chi connectivity index (χ4n) is 4.23. The van der Waals surface area contributed by atoms with E-state index in [0.717, 1.165) is 25.4 Å². The Balaban J connectivity index is 1.78. The molecule has 0 aromatic carbocycles. The molecule has 0 aliphatic heterocycles. The Morgan fingerprint density at radius 3 is 2.53 bits per heavy atom. The maximum Gasteiger partial charge on any atom is 0.221 e. The van der Waals surface area contributed by atoms with Gasteiger partial charge in [-0.1, -0.05) is 27.7 Å². The molecular weight excluding hydrogens is 236 g/mol. The molecule has 0 spiro atoms. The van der Waals surface area contributed by atoms with E-state index in [9.17, 15) is 4.79 Å². The van der Waals surface area contributed by atoms with Crippen LogP contribution >= 0.6 is 0 Å². The summed E-state index contributed by atoms with van der Waals surface area (Å²) >= 11 is 0. The van der Waals surface area contributed by atoms with Gasteiger partial charge in [0.15, 0.2) is 0 Å². The average molecular weight is 266 g/mol. The first kappa shape index (κ1) is 14.8. The Labute approximate surface area is 117 Å². The maximum absolute atomic E-state index is 11.6. The summed E-state index contributed by atoms with van der Waals surface area (Å²) in [7, 11) is 0. The van der Waals surface area contributed by atoms with Gasteiger partial charge in [-0.2, -0.15) is 0 Å². The fourth-order valence-corrected chi connectivity index (χ4v) is 4.23. The topological polar surface area (TPSA) is 41.1 Å². The second-order valence-electron chi connectivity index (χ2n) is 7.22. The Morgan fingerprint density at radius 2 is 2.00 bits per heavy atom. The lowest BCUT2D eigenvalue weighted by Crippen LogP contribution is -2.45. The largest absolute Gasteiger partial charge is 0.356 e. The number of carbonyl (C=O) groups is 1. The summed E-state index contributed by atoms with van der Waals surface area (Å²) in [6.07, 6.45) is 5.64. The normalized spacial score (nSPS) is 35.6. The van der Waals surface area contributed by atoms with Crippen LogP contribution < -0.4 is 10.6 Å². The molecule has 0 radical (unpaired) electrons. The van der Waals surface area contributed by atoms with Gasteiger partial charge in [0.05, 0.1) is 0 Å². The predicted octanol–water partition coefficient (Wildman–Crippen LogP) is 2.71. The van der Waals surface area contributed by atoms with Crippen molar-refractivity contribution in [3.05, 3.63) is 0 Å². The number of rotatable bonds is 6. The molecule has 0 saturated heterocycles. The van der Waals surface area contributed by atoms with Crippen LogP contribution in [0.3, 0.4) is 0 Å². The van der Waals surface area contributed by atoms with E-state index in [0.29, 0.717) is 23.3 Å². The highest BCUT2D eigenvalue weighted by Crippen LogP contribution is 2.65. The van der Waals surface area contributed by atoms with E-state index >= 15 is 0 Å². The Kier molecular flexibility index (Phi) is 4.24. The molecule has 1 amide bonds. The molecule has 3 unspecified atom stereocenters. The van der Waals surface area contributed by atoms with Gasteiger partial charge in [0.1, 0.15) is 0 Å². The first-order chi connectivity index (χ1) is 8.91. The van der Waals surface area contributed by atoms with Crippen molar-refractivity contribution in [3.8, 4) is 0 Å². The van der Waals surface area contributed by atoms with Crippen LogP contribution in [0.5, 0.6) is 0 Å². The van der Waals surface area contributed by atoms with Crippen LogP contribution in [0, 0.1) is 16.7 Å². The smallest absolute Gasteiger partial charge is 0.221 e. The molecule has 0 heterocycles. The third-order valence-electron chi connectivity index (χ3n) is 6.11. The molecule has 2 fully saturated rings. The summed E-state index contributed by atoms with van der Waals surface area (Å²) in [5, 5.41) is 6.59. The summed E-state index contributed by atoms with van der Waals surface area (Å²) in [5.41, 5.74) is 0.868. The lowest BCUT2D eigenvalue weighted by Gasteiger charge is -2.39. The summed E-state index contributed by atoms with van der Waals surface area (Å²) in [6.45, 7) is 11.0. The molecule has 2 aliphatic carbocycles. The Bertz CT molecular complexity index is 340. The van der Waals surface area contributed by atoms with Crippen molar-refractivity contribution in [2.75, 3.05) is 13.1 Å². The maximum atomic E-state index is 11.6. The van der Waals surface area contributed by atoms with Crippen LogP contribution in [-0.2, 0) is 4.79 Å². The molecule has 3 heteroatoms. The summed E-state index contributed by atoms with van der Waals surface area (Å²) in [4.78, 5) is 11.6. The molecule has 2 bridgehead atoms. The van der Waals surface area contributed by atoms with E-state index in [2.05, 4.69) is 38.3 Å². The summed E-state index contributed by atoms with van der Waals surface area (Å²) in [5.74, 6) is 1.05. The minimum absolute atomic E-state index is 0.182. The standard InChI is InChI=1S/C16H30N2O/c1-5-9-18-14(19)7-10-17-13-11-12-6-8-16(13,4)15(12,2)3/h12-13,17H,5-11H2,1-4H3,(H,18,19). The van der Waals surface area contributed by atoms with E-state index in [1.807, 2.05) is 0 Å². The molecule has 3 atom stereocenters. The van der Waals surface area contributed by atoms with Gasteiger partial charge < -0.3 is 10.6 Å². The van der Waals surface area contributed by atoms with Crippen molar-refractivity contribution in [3.63, 3.8) is 0 Å². The zero-order valence-corrected chi connectivity index (χ0v) is 13.0. The van der Waals surface area contributed by atoms with Crippen LogP contribution in [0.25, 0.3) is 0 Å². The number of fused-ring (bicyclic) bond motifs is 2. The van der Waals surface area contributed by atoms with Crippen LogP contribution in [0.4, 0.5) is 0 Å². The number of hydrogen-bond acceptors (Lipinski definition) is 2. The molecule has 2 rings (SSSR count). The minimum Gasteiger partial charge on any atom is -0.356 e. The molecule has 3 nitrogen and oxygen atoms in total. The van der Waals surface area contributed by atoms with Crippen molar-refractivity contribution in [2.45, 2.75) is 65.8 Å². The highest BCUT2D eigenvalue weighted by atomic mass is 16.1. The molecule has 2 saturated carbocycles. The predicted molar refractivity (Wildman–Crippen MR) is 78.9 cm³/mol. The van der Waals surface area contributed by atoms with Gasteiger partial charge in [-0.15, -0.1) is 0 Å². The van der Waals surface area contributed by atoms with Crippen molar-refractivity contribution >= 4 is 5.91 Å². The molecule has 0 aromatic heterocycles. The van der Waals surface area contributed by atoms with Gasteiger partial charge in [0.2, 0.25) is 5.91 Å². The van der Waals surface area contributed by atoms with Gasteiger partial charge in [0, 0.05) is 25.6 Å². The quantitative estimate of drug-likeness (QED) is 0.776. The number of nitrogens with one attached hydrogen (secondary N) is 2.